The van der Waals surface area contributed by atoms with Crippen LogP contribution in [0.1, 0.15) is 0 Å². The second-order valence-electron chi connectivity index (χ2n) is 4.04. The molecule has 0 heterocycles. The molecule has 0 aromatic rings. The number of hydrogen-bond donors (Lipinski definition) is 6. The average Bonchev–Trinajstić information content (AvgIpc) is 2.25. The molecule has 8 atom stereocenters. The number of aliphatic hydroxyl groups excluding tert-OH is 4. The van der Waals surface area contributed by atoms with E-state index in [4.69, 9.17) is 9.79 Å². The van der Waals surface area contributed by atoms with E-state index in [1.165, 1.54) is 0 Å². The molecule has 1 saturated carbocycles. The van der Waals surface area contributed by atoms with Gasteiger partial charge in [0.2, 0.25) is 0 Å². The van der Waals surface area contributed by atoms with Gasteiger partial charge in [0, 0.05) is 0 Å². The number of rotatable bonds is 4. The van der Waals surface area contributed by atoms with E-state index in [0.717, 1.165) is 0 Å². The predicted octanol–water partition coefficient (Wildman–Crippen LogP) is -10.9. The molecule has 0 spiro atoms. The maximum absolute atomic E-state index is 10.6. The molecule has 22 heavy (non-hydrogen) atoms. The van der Waals surface area contributed by atoms with Crippen molar-refractivity contribution in [1.29, 1.82) is 0 Å². The Morgan fingerprint density at radius 1 is 0.682 bits per heavy atom. The van der Waals surface area contributed by atoms with Crippen molar-refractivity contribution in [2.75, 3.05) is 0 Å². The fraction of sp³-hybridized carbons (Fsp3) is 1.00. The van der Waals surface area contributed by atoms with Crippen molar-refractivity contribution in [2.24, 2.45) is 0 Å². The summed E-state index contributed by atoms with van der Waals surface area (Å²) in [6.45, 7) is 0. The molecule has 1 fully saturated rings. The Morgan fingerprint density at radius 2 is 0.909 bits per heavy atom. The summed E-state index contributed by atoms with van der Waals surface area (Å²) in [7, 11) is -11.0. The summed E-state index contributed by atoms with van der Waals surface area (Å²) in [5.74, 6) is 0. The van der Waals surface area contributed by atoms with E-state index in [1.54, 1.807) is 0 Å². The summed E-state index contributed by atoms with van der Waals surface area (Å²) < 4.78 is 29.1. The van der Waals surface area contributed by atoms with Crippen LogP contribution < -0.4 is 68.9 Å². The van der Waals surface area contributed by atoms with Gasteiger partial charge in [-0.05, 0) is 0 Å². The van der Waals surface area contributed by atoms with Gasteiger partial charge in [-0.2, -0.15) is 0 Å². The molecule has 0 bridgehead atoms. The number of phosphoric acid groups is 2. The van der Waals surface area contributed by atoms with E-state index in [2.05, 4.69) is 9.05 Å². The van der Waals surface area contributed by atoms with E-state index in [1.807, 2.05) is 0 Å². The van der Waals surface area contributed by atoms with Crippen LogP contribution in [0.2, 0.25) is 0 Å². The number of hydrogen-bond acceptors (Lipinski definition) is 10. The Hall–Kier alpha value is 2.06. The molecule has 12 nitrogen and oxygen atoms in total. The topological polar surface area (TPSA) is 220 Å². The van der Waals surface area contributed by atoms with Gasteiger partial charge < -0.3 is 49.0 Å². The summed E-state index contributed by atoms with van der Waals surface area (Å²) in [5, 5.41) is 37.6. The van der Waals surface area contributed by atoms with Gasteiger partial charge in [-0.15, -0.1) is 0 Å². The summed E-state index contributed by atoms with van der Waals surface area (Å²) in [6.07, 6.45) is -13.3. The van der Waals surface area contributed by atoms with E-state index in [-0.39, 0.29) is 59.1 Å². The maximum Gasteiger partial charge on any atom is 1.00 e. The second-order valence-corrected chi connectivity index (χ2v) is 6.34. The Balaban J connectivity index is 0. The van der Waals surface area contributed by atoms with Gasteiger partial charge in [-0.1, -0.05) is 0 Å². The van der Waals surface area contributed by atoms with Gasteiger partial charge in [0.15, 0.2) is 0 Å². The number of phosphoric ester groups is 2. The van der Waals surface area contributed by atoms with Crippen LogP contribution in [0.15, 0.2) is 0 Å². The Labute approximate surface area is 168 Å². The number of aliphatic hydroxyl groups is 4. The fourth-order valence-electron chi connectivity index (χ4n) is 1.73. The Bertz CT molecular complexity index is 397. The van der Waals surface area contributed by atoms with E-state index < -0.39 is 52.3 Å². The fourth-order valence-corrected chi connectivity index (χ4v) is 2.84. The van der Waals surface area contributed by atoms with Crippen molar-refractivity contribution in [3.05, 3.63) is 0 Å². The van der Waals surface area contributed by atoms with Gasteiger partial charge in [0.25, 0.3) is 15.6 Å². The molecule has 1 aliphatic rings. The smallest absolute Gasteiger partial charge is 0.756 e. The summed E-state index contributed by atoms with van der Waals surface area (Å²) >= 11 is 0. The van der Waals surface area contributed by atoms with Gasteiger partial charge in [0.1, 0.15) is 36.6 Å². The first kappa shape index (κ1) is 26.3. The van der Waals surface area contributed by atoms with E-state index in [0.29, 0.717) is 0 Å². The molecular weight excluding hydrogens is 372 g/mol. The second kappa shape index (κ2) is 9.67. The average molecular weight is 384 g/mol. The molecule has 16 heteroatoms. The van der Waals surface area contributed by atoms with Crippen LogP contribution >= 0.6 is 15.6 Å². The van der Waals surface area contributed by atoms with Crippen molar-refractivity contribution in [3.8, 4) is 0 Å². The van der Waals surface area contributed by atoms with Crippen LogP contribution in [0.3, 0.4) is 0 Å². The first-order valence-electron chi connectivity index (χ1n) is 5.00. The zero-order valence-corrected chi connectivity index (χ0v) is 17.3. The molecule has 6 N–H and O–H groups in total. The van der Waals surface area contributed by atoms with Gasteiger partial charge in [-0.25, -0.2) is 0 Å². The Morgan fingerprint density at radius 3 is 1.09 bits per heavy atom. The van der Waals surface area contributed by atoms with Crippen LogP contribution in [0.25, 0.3) is 0 Å². The molecule has 0 aliphatic heterocycles. The normalized spacial score (nSPS) is 40.5. The van der Waals surface area contributed by atoms with Gasteiger partial charge >= 0.3 is 59.1 Å². The molecule has 0 amide bonds. The van der Waals surface area contributed by atoms with Crippen LogP contribution in [-0.4, -0.2) is 66.8 Å². The Kier molecular flexibility index (Phi) is 11.6. The van der Waals surface area contributed by atoms with Gasteiger partial charge in [-0.3, -0.25) is 9.13 Å². The molecule has 2 unspecified atom stereocenters. The van der Waals surface area contributed by atoms with Crippen molar-refractivity contribution in [2.45, 2.75) is 36.6 Å². The minimum Gasteiger partial charge on any atom is -0.756 e. The third-order valence-electron chi connectivity index (χ3n) is 2.56. The van der Waals surface area contributed by atoms with Crippen LogP contribution in [0.5, 0.6) is 0 Å². The predicted molar refractivity (Wildman–Crippen MR) is 53.4 cm³/mol. The zero-order chi connectivity index (χ0) is 15.9. The molecule has 120 valence electrons. The van der Waals surface area contributed by atoms with Crippen LogP contribution in [-0.2, 0) is 18.2 Å². The molecular formula is C6H12Na2O12P2. The van der Waals surface area contributed by atoms with Crippen molar-refractivity contribution >= 4 is 15.6 Å². The minimum atomic E-state index is -5.51. The summed E-state index contributed by atoms with van der Waals surface area (Å²) in [6, 6.07) is 0. The zero-order valence-electron chi connectivity index (χ0n) is 11.5. The summed E-state index contributed by atoms with van der Waals surface area (Å²) in [5.41, 5.74) is 0. The molecule has 0 aromatic heterocycles. The first-order chi connectivity index (χ1) is 8.83. The van der Waals surface area contributed by atoms with Crippen molar-refractivity contribution in [3.63, 3.8) is 0 Å². The van der Waals surface area contributed by atoms with E-state index in [9.17, 15) is 39.3 Å². The largest absolute Gasteiger partial charge is 1.00 e. The molecule has 0 aromatic carbocycles. The standard InChI is InChI=1S/C6H14O12P2.2Na/c7-1-2(8)4(10)6(18-20(14,15)16)5(3(1)9)17-19(11,12)13;;/h1-10H,(H2,11,12,13)(H2,14,15,16);;/q;2*+1/p-2/t1-,2+,3-,4-,5+,6+;;/m0../s1. The maximum atomic E-state index is 10.6. The third-order valence-corrected chi connectivity index (χ3v) is 3.58. The van der Waals surface area contributed by atoms with Crippen LogP contribution in [0, 0.1) is 0 Å². The monoisotopic (exact) mass is 384 g/mol. The SMILES string of the molecule is O=P([O-])(O)O[C@@H]1[C@@H](O)[C@H](O)[C@H](O)[C@H](O)[C@H]1OP(=O)([O-])O.[Na+].[Na+]. The minimum absolute atomic E-state index is 0. The quantitative estimate of drug-likeness (QED) is 0.196. The van der Waals surface area contributed by atoms with E-state index >= 15 is 0 Å². The van der Waals surface area contributed by atoms with Crippen molar-refractivity contribution in [1.82, 2.24) is 0 Å². The summed E-state index contributed by atoms with van der Waals surface area (Å²) in [4.78, 5) is 38.3. The molecule has 1 rings (SSSR count). The molecule has 1 aliphatic carbocycles. The van der Waals surface area contributed by atoms with Crippen molar-refractivity contribution < 1.29 is 117 Å². The first-order valence-corrected chi connectivity index (χ1v) is 7.99. The molecule has 0 radical (unpaired) electrons. The van der Waals surface area contributed by atoms with Crippen LogP contribution in [0.4, 0.5) is 0 Å². The third kappa shape index (κ3) is 7.52. The molecule has 0 saturated heterocycles. The van der Waals surface area contributed by atoms with Gasteiger partial charge in [0.05, 0.1) is 0 Å².